The van der Waals surface area contributed by atoms with Crippen LogP contribution in [0.25, 0.3) is 0 Å². The van der Waals surface area contributed by atoms with Gasteiger partial charge in [-0.3, -0.25) is 19.7 Å². The maximum absolute atomic E-state index is 12.8. The van der Waals surface area contributed by atoms with Crippen molar-refractivity contribution < 1.29 is 14.4 Å². The van der Waals surface area contributed by atoms with E-state index in [-0.39, 0.29) is 24.1 Å². The molecule has 1 aliphatic carbocycles. The fraction of sp³-hybridized carbons (Fsp3) is 0.609. The second-order valence-corrected chi connectivity index (χ2v) is 9.33. The zero-order chi connectivity index (χ0) is 20.7. The van der Waals surface area contributed by atoms with Gasteiger partial charge in [0, 0.05) is 31.1 Å². The van der Waals surface area contributed by atoms with Crippen molar-refractivity contribution in [2.45, 2.75) is 70.1 Å². The fourth-order valence-electron chi connectivity index (χ4n) is 5.96. The zero-order valence-corrected chi connectivity index (χ0v) is 17.3. The molecule has 1 saturated carbocycles. The topological polar surface area (TPSA) is 90.5 Å². The molecule has 160 valence electrons. The summed E-state index contributed by atoms with van der Waals surface area (Å²) in [6.07, 6.45) is 7.06. The Morgan fingerprint density at radius 3 is 2.73 bits per heavy atom. The van der Waals surface area contributed by atoms with Crippen molar-refractivity contribution in [3.8, 4) is 0 Å². The van der Waals surface area contributed by atoms with E-state index < -0.39 is 6.04 Å². The first-order valence-corrected chi connectivity index (χ1v) is 11.3. The molecule has 3 heterocycles. The highest BCUT2D eigenvalue weighted by Crippen LogP contribution is 2.45. The molecule has 1 aromatic carbocycles. The number of nitrogens with zero attached hydrogens (tertiary/aromatic N) is 1. The predicted molar refractivity (Wildman–Crippen MR) is 112 cm³/mol. The molecule has 2 unspecified atom stereocenters. The summed E-state index contributed by atoms with van der Waals surface area (Å²) >= 11 is 0. The Morgan fingerprint density at radius 2 is 1.93 bits per heavy atom. The van der Waals surface area contributed by atoms with Gasteiger partial charge in [-0.1, -0.05) is 18.6 Å². The van der Waals surface area contributed by atoms with Crippen molar-refractivity contribution in [2.75, 3.05) is 13.1 Å². The molecule has 2 saturated heterocycles. The predicted octanol–water partition coefficient (Wildman–Crippen LogP) is 1.46. The number of nitrogens with one attached hydrogen (secondary N) is 3. The largest absolute Gasteiger partial charge is 0.322 e. The molecule has 0 aromatic heterocycles. The summed E-state index contributed by atoms with van der Waals surface area (Å²) < 4.78 is 0. The maximum atomic E-state index is 12.8. The molecule has 7 heteroatoms. The minimum absolute atomic E-state index is 0.108. The van der Waals surface area contributed by atoms with Crippen molar-refractivity contribution in [3.05, 3.63) is 34.9 Å². The summed E-state index contributed by atoms with van der Waals surface area (Å²) in [6, 6.07) is 6.05. The number of benzene rings is 1. The van der Waals surface area contributed by atoms with Crippen LogP contribution in [0.3, 0.4) is 0 Å². The van der Waals surface area contributed by atoms with Crippen molar-refractivity contribution in [3.63, 3.8) is 0 Å². The van der Waals surface area contributed by atoms with Crippen LogP contribution in [-0.4, -0.2) is 47.8 Å². The zero-order valence-electron chi connectivity index (χ0n) is 17.3. The first-order chi connectivity index (χ1) is 14.6. The van der Waals surface area contributed by atoms with Crippen LogP contribution in [0.1, 0.15) is 66.4 Å². The number of rotatable bonds is 4. The van der Waals surface area contributed by atoms with E-state index in [1.807, 2.05) is 12.1 Å². The van der Waals surface area contributed by atoms with E-state index in [4.69, 9.17) is 0 Å². The van der Waals surface area contributed by atoms with Gasteiger partial charge in [0.2, 0.25) is 11.8 Å². The highest BCUT2D eigenvalue weighted by molar-refractivity contribution is 6.05. The van der Waals surface area contributed by atoms with Gasteiger partial charge in [0.05, 0.1) is 0 Å². The summed E-state index contributed by atoms with van der Waals surface area (Å²) in [5.74, 6) is -0.724. The Morgan fingerprint density at radius 1 is 1.10 bits per heavy atom. The van der Waals surface area contributed by atoms with Gasteiger partial charge in [-0.05, 0) is 67.8 Å². The Balaban J connectivity index is 1.26. The van der Waals surface area contributed by atoms with Crippen LogP contribution in [0.4, 0.5) is 0 Å². The third-order valence-electron chi connectivity index (χ3n) is 7.65. The van der Waals surface area contributed by atoms with Gasteiger partial charge in [-0.25, -0.2) is 0 Å². The van der Waals surface area contributed by atoms with Gasteiger partial charge in [-0.2, -0.15) is 0 Å². The average molecular weight is 411 g/mol. The summed E-state index contributed by atoms with van der Waals surface area (Å²) in [5.41, 5.74) is 3.29. The number of amides is 3. The Labute approximate surface area is 177 Å². The summed E-state index contributed by atoms with van der Waals surface area (Å²) in [6.45, 7) is 3.48. The number of carbonyl (C=O) groups is 3. The third kappa shape index (κ3) is 3.44. The number of fused-ring (bicyclic) bond motifs is 1. The number of imide groups is 1. The van der Waals surface area contributed by atoms with Crippen LogP contribution in [0, 0.1) is 5.41 Å². The van der Waals surface area contributed by atoms with Gasteiger partial charge in [0.25, 0.3) is 5.91 Å². The molecule has 7 nitrogen and oxygen atoms in total. The van der Waals surface area contributed by atoms with Crippen LogP contribution in [0.5, 0.6) is 0 Å². The van der Waals surface area contributed by atoms with Crippen LogP contribution in [0.15, 0.2) is 18.2 Å². The van der Waals surface area contributed by atoms with Gasteiger partial charge < -0.3 is 15.5 Å². The van der Waals surface area contributed by atoms with Crippen LogP contribution in [0.2, 0.25) is 0 Å². The molecule has 0 radical (unpaired) electrons. The van der Waals surface area contributed by atoms with E-state index in [1.165, 1.54) is 37.7 Å². The Kier molecular flexibility index (Phi) is 5.11. The first kappa shape index (κ1) is 19.7. The maximum Gasteiger partial charge on any atom is 0.255 e. The molecule has 2 atom stereocenters. The van der Waals surface area contributed by atoms with Gasteiger partial charge in [-0.15, -0.1) is 0 Å². The van der Waals surface area contributed by atoms with Crippen molar-refractivity contribution in [1.29, 1.82) is 0 Å². The molecule has 4 aliphatic rings. The molecule has 1 spiro atoms. The summed E-state index contributed by atoms with van der Waals surface area (Å²) in [7, 11) is 0. The molecule has 3 N–H and O–H groups in total. The number of hydrogen-bond donors (Lipinski definition) is 3. The van der Waals surface area contributed by atoms with E-state index in [0.29, 0.717) is 30.0 Å². The number of carbonyl (C=O) groups excluding carboxylic acids is 3. The Hall–Kier alpha value is -2.25. The normalized spacial score (nSPS) is 28.1. The number of piperidine rings is 2. The third-order valence-corrected chi connectivity index (χ3v) is 7.65. The standard InChI is InChI=1S/C23H30N4O3/c28-20-6-5-18(21(29)26-20)27-14-16-12-15(3-4-17(16)22(27)30)13-25-19-2-1-7-23(19)8-10-24-11-9-23/h3-4,12,18-19,24-25H,1-2,5-11,13-14H2,(H,26,28,29). The number of hydrogen-bond acceptors (Lipinski definition) is 5. The first-order valence-electron chi connectivity index (χ1n) is 11.3. The molecule has 30 heavy (non-hydrogen) atoms. The lowest BCUT2D eigenvalue weighted by Gasteiger charge is -2.40. The fourth-order valence-corrected chi connectivity index (χ4v) is 5.96. The van der Waals surface area contributed by atoms with Gasteiger partial charge in [0.15, 0.2) is 0 Å². The highest BCUT2D eigenvalue weighted by Gasteiger charge is 2.43. The Bertz CT molecular complexity index is 877. The second kappa shape index (κ2) is 7.78. The van der Waals surface area contributed by atoms with Crippen LogP contribution in [-0.2, 0) is 22.7 Å². The molecule has 3 amide bonds. The summed E-state index contributed by atoms with van der Waals surface area (Å²) in [5, 5.41) is 9.67. The molecule has 1 aromatic rings. The lowest BCUT2D eigenvalue weighted by Crippen LogP contribution is -2.52. The van der Waals surface area contributed by atoms with Crippen LogP contribution >= 0.6 is 0 Å². The molecular formula is C23H30N4O3. The monoisotopic (exact) mass is 410 g/mol. The minimum Gasteiger partial charge on any atom is -0.322 e. The van der Waals surface area contributed by atoms with Crippen molar-refractivity contribution >= 4 is 17.7 Å². The average Bonchev–Trinajstić information content (AvgIpc) is 3.27. The molecular weight excluding hydrogens is 380 g/mol. The highest BCUT2D eigenvalue weighted by atomic mass is 16.2. The van der Waals surface area contributed by atoms with Gasteiger partial charge in [0.1, 0.15) is 6.04 Å². The lowest BCUT2D eigenvalue weighted by molar-refractivity contribution is -0.136. The molecule has 0 bridgehead atoms. The van der Waals surface area contributed by atoms with E-state index >= 15 is 0 Å². The quantitative estimate of drug-likeness (QED) is 0.654. The summed E-state index contributed by atoms with van der Waals surface area (Å²) in [4.78, 5) is 38.1. The SMILES string of the molecule is O=C1CCC(N2Cc3cc(CNC4CCCC45CCNCC5)ccc3C2=O)C(=O)N1. The van der Waals surface area contributed by atoms with Crippen molar-refractivity contribution in [2.24, 2.45) is 5.41 Å². The van der Waals surface area contributed by atoms with E-state index in [1.54, 1.807) is 4.90 Å². The minimum atomic E-state index is -0.553. The molecule has 3 fully saturated rings. The van der Waals surface area contributed by atoms with Gasteiger partial charge >= 0.3 is 0 Å². The van der Waals surface area contributed by atoms with Crippen molar-refractivity contribution in [1.82, 2.24) is 20.9 Å². The lowest BCUT2D eigenvalue weighted by atomic mass is 9.74. The van der Waals surface area contributed by atoms with E-state index in [2.05, 4.69) is 22.0 Å². The van der Waals surface area contributed by atoms with Crippen LogP contribution < -0.4 is 16.0 Å². The smallest absolute Gasteiger partial charge is 0.255 e. The molecule has 5 rings (SSSR count). The van der Waals surface area contributed by atoms with E-state index in [9.17, 15) is 14.4 Å². The van der Waals surface area contributed by atoms with E-state index in [0.717, 1.165) is 25.2 Å². The second-order valence-electron chi connectivity index (χ2n) is 9.33. The molecule has 3 aliphatic heterocycles.